The number of nitrogens with zero attached hydrogens (tertiary/aromatic N) is 1. The smallest absolute Gasteiger partial charge is 0.393 e. The van der Waals surface area contributed by atoms with E-state index in [9.17, 15) is 43.4 Å². The van der Waals surface area contributed by atoms with Crippen molar-refractivity contribution in [2.75, 3.05) is 13.2 Å². The number of aliphatic hydroxyl groups excluding tert-OH is 3. The van der Waals surface area contributed by atoms with Gasteiger partial charge in [-0.3, -0.25) is 4.79 Å². The monoisotopic (exact) mass is 544 g/mol. The summed E-state index contributed by atoms with van der Waals surface area (Å²) in [6.07, 6.45) is 2.67. The molecular formula is C26H35F3N2O7. The van der Waals surface area contributed by atoms with E-state index in [1.165, 1.54) is 12.1 Å². The molecular weight excluding hydrogens is 509 g/mol. The summed E-state index contributed by atoms with van der Waals surface area (Å²) in [7, 11) is 0. The first-order valence-electron chi connectivity index (χ1n) is 12.5. The molecule has 0 spiro atoms. The highest BCUT2D eigenvalue weighted by molar-refractivity contribution is 5.75. The van der Waals surface area contributed by atoms with Gasteiger partial charge in [-0.2, -0.15) is 13.2 Å². The van der Waals surface area contributed by atoms with E-state index in [2.05, 4.69) is 10.2 Å². The van der Waals surface area contributed by atoms with Crippen LogP contribution in [0.5, 0.6) is 0 Å². The second-order valence-electron chi connectivity index (χ2n) is 9.31. The van der Waals surface area contributed by atoms with Gasteiger partial charge in [-0.05, 0) is 49.7 Å². The van der Waals surface area contributed by atoms with Crippen LogP contribution in [0.25, 0.3) is 0 Å². The maximum absolute atomic E-state index is 12.9. The molecule has 1 saturated carbocycles. The quantitative estimate of drug-likeness (QED) is 0.115. The van der Waals surface area contributed by atoms with E-state index in [1.807, 2.05) is 12.2 Å². The molecule has 0 heterocycles. The number of allylic oxidation sites excluding steroid dienone is 2. The molecule has 38 heavy (non-hydrogen) atoms. The van der Waals surface area contributed by atoms with Crippen LogP contribution in [-0.2, 0) is 22.2 Å². The molecule has 2 rings (SSSR count). The van der Waals surface area contributed by atoms with Gasteiger partial charge in [0.05, 0.1) is 23.9 Å². The Balaban J connectivity index is 1.75. The van der Waals surface area contributed by atoms with Crippen LogP contribution in [0.4, 0.5) is 13.2 Å². The SMILES string of the molecule is O=C(CCCC=CC[C@@H]1[C@@H](C=C[C@@H](O)CCc2cccc(C(F)(F)F)c2)[C@H](O)C[C@@H]1O)NCCO[N+](=O)[O-]. The van der Waals surface area contributed by atoms with Crippen molar-refractivity contribution in [3.63, 3.8) is 0 Å². The Bertz CT molecular complexity index is 955. The summed E-state index contributed by atoms with van der Waals surface area (Å²) in [4.78, 5) is 25.8. The number of unbranched alkanes of at least 4 members (excludes halogenated alkanes) is 1. The number of amides is 1. The number of aliphatic hydroxyl groups is 3. The molecule has 5 atom stereocenters. The molecule has 1 aromatic rings. The third-order valence-electron chi connectivity index (χ3n) is 6.42. The fraction of sp³-hybridized carbons (Fsp3) is 0.577. The molecule has 1 fully saturated rings. The molecule has 212 valence electrons. The van der Waals surface area contributed by atoms with Gasteiger partial charge in [0.1, 0.15) is 6.61 Å². The topological polar surface area (TPSA) is 142 Å². The van der Waals surface area contributed by atoms with Crippen molar-refractivity contribution < 1.29 is 43.2 Å². The minimum Gasteiger partial charge on any atom is -0.393 e. The number of carbonyl (C=O) groups is 1. The Morgan fingerprint density at radius 1 is 1.26 bits per heavy atom. The normalized spacial score (nSPS) is 22.7. The highest BCUT2D eigenvalue weighted by Gasteiger charge is 2.39. The van der Waals surface area contributed by atoms with Crippen LogP contribution in [-0.4, -0.2) is 57.8 Å². The lowest BCUT2D eigenvalue weighted by Gasteiger charge is -2.19. The molecule has 0 unspecified atom stereocenters. The zero-order valence-electron chi connectivity index (χ0n) is 20.9. The highest BCUT2D eigenvalue weighted by Crippen LogP contribution is 2.36. The number of carbonyl (C=O) groups excluding carboxylic acids is 1. The van der Waals surface area contributed by atoms with Gasteiger partial charge >= 0.3 is 6.18 Å². The van der Waals surface area contributed by atoms with Crippen molar-refractivity contribution in [3.05, 3.63) is 69.8 Å². The zero-order chi connectivity index (χ0) is 28.1. The number of hydrogen-bond acceptors (Lipinski definition) is 7. The lowest BCUT2D eigenvalue weighted by atomic mass is 9.89. The third kappa shape index (κ3) is 11.2. The van der Waals surface area contributed by atoms with Crippen LogP contribution in [0.15, 0.2) is 48.6 Å². The number of nitrogens with one attached hydrogen (secondary N) is 1. The number of hydrogen-bond donors (Lipinski definition) is 4. The molecule has 1 amide bonds. The summed E-state index contributed by atoms with van der Waals surface area (Å²) in [5.74, 6) is -0.889. The van der Waals surface area contributed by atoms with Crippen molar-refractivity contribution in [1.29, 1.82) is 0 Å². The average Bonchev–Trinajstić information content (AvgIpc) is 3.12. The van der Waals surface area contributed by atoms with E-state index in [4.69, 9.17) is 0 Å². The Morgan fingerprint density at radius 3 is 2.74 bits per heavy atom. The van der Waals surface area contributed by atoms with Crippen LogP contribution in [0, 0.1) is 22.0 Å². The van der Waals surface area contributed by atoms with Gasteiger partial charge < -0.3 is 25.5 Å². The summed E-state index contributed by atoms with van der Waals surface area (Å²) >= 11 is 0. The van der Waals surface area contributed by atoms with Gasteiger partial charge in [0.2, 0.25) is 5.91 Å². The van der Waals surface area contributed by atoms with Crippen LogP contribution in [0.1, 0.15) is 49.7 Å². The van der Waals surface area contributed by atoms with Crippen LogP contribution in [0.2, 0.25) is 0 Å². The first kappa shape index (κ1) is 31.3. The molecule has 9 nitrogen and oxygen atoms in total. The first-order valence-corrected chi connectivity index (χ1v) is 12.5. The summed E-state index contributed by atoms with van der Waals surface area (Å²) in [5.41, 5.74) is -0.268. The molecule has 1 aromatic carbocycles. The molecule has 0 aliphatic heterocycles. The van der Waals surface area contributed by atoms with E-state index in [0.717, 1.165) is 12.1 Å². The predicted octanol–water partition coefficient (Wildman–Crippen LogP) is 3.35. The lowest BCUT2D eigenvalue weighted by Crippen LogP contribution is -2.27. The zero-order valence-corrected chi connectivity index (χ0v) is 20.9. The summed E-state index contributed by atoms with van der Waals surface area (Å²) in [6.45, 7) is -0.164. The molecule has 12 heteroatoms. The van der Waals surface area contributed by atoms with E-state index in [1.54, 1.807) is 12.1 Å². The second-order valence-corrected chi connectivity index (χ2v) is 9.31. The molecule has 1 aliphatic carbocycles. The fourth-order valence-electron chi connectivity index (χ4n) is 4.43. The Labute approximate surface area is 219 Å². The van der Waals surface area contributed by atoms with E-state index < -0.39 is 35.1 Å². The maximum atomic E-state index is 12.9. The Morgan fingerprint density at radius 2 is 2.03 bits per heavy atom. The molecule has 0 radical (unpaired) electrons. The van der Waals surface area contributed by atoms with Crippen molar-refractivity contribution in [2.24, 2.45) is 11.8 Å². The van der Waals surface area contributed by atoms with Crippen molar-refractivity contribution in [3.8, 4) is 0 Å². The van der Waals surface area contributed by atoms with E-state index in [-0.39, 0.29) is 56.6 Å². The average molecular weight is 545 g/mol. The highest BCUT2D eigenvalue weighted by atomic mass is 19.4. The van der Waals surface area contributed by atoms with Gasteiger partial charge in [-0.15, -0.1) is 10.1 Å². The maximum Gasteiger partial charge on any atom is 0.416 e. The molecule has 1 aliphatic rings. The van der Waals surface area contributed by atoms with Gasteiger partial charge in [0.15, 0.2) is 0 Å². The van der Waals surface area contributed by atoms with Crippen molar-refractivity contribution in [1.82, 2.24) is 5.32 Å². The minimum atomic E-state index is -4.43. The first-order chi connectivity index (χ1) is 18.0. The second kappa shape index (κ2) is 15.5. The number of rotatable bonds is 15. The lowest BCUT2D eigenvalue weighted by molar-refractivity contribution is -0.757. The van der Waals surface area contributed by atoms with Gasteiger partial charge in [-0.25, -0.2) is 0 Å². The van der Waals surface area contributed by atoms with Crippen LogP contribution in [0.3, 0.4) is 0 Å². The number of halogens is 3. The van der Waals surface area contributed by atoms with Gasteiger partial charge in [0.25, 0.3) is 5.09 Å². The Kier molecular flexibility index (Phi) is 12.7. The number of benzene rings is 1. The van der Waals surface area contributed by atoms with Crippen LogP contribution < -0.4 is 5.32 Å². The molecule has 0 bridgehead atoms. The summed E-state index contributed by atoms with van der Waals surface area (Å²) in [6, 6.07) is 4.98. The van der Waals surface area contributed by atoms with Crippen molar-refractivity contribution >= 4 is 5.91 Å². The molecule has 0 saturated heterocycles. The van der Waals surface area contributed by atoms with Crippen molar-refractivity contribution in [2.45, 2.75) is 69.4 Å². The standard InChI is InChI=1S/C26H35F3N2O7/c27-26(28,29)19-7-5-6-18(16-19)10-11-20(32)12-13-22-21(23(33)17-24(22)34)8-3-1-2-4-9-25(35)30-14-15-38-31(36)37/h1,3,5-7,12-13,16,20-24,32-34H,2,4,8-11,14-15,17H2,(H,30,35)/t20-,21+,22+,23-,24+/m0/s1. The van der Waals surface area contributed by atoms with Gasteiger partial charge in [0, 0.05) is 25.3 Å². The molecule has 4 N–H and O–H groups in total. The predicted molar refractivity (Wildman–Crippen MR) is 132 cm³/mol. The Hall–Kier alpha value is -2.96. The van der Waals surface area contributed by atoms with E-state index in [0.29, 0.717) is 24.8 Å². The summed E-state index contributed by atoms with van der Waals surface area (Å²) in [5, 5.41) is 42.7. The minimum absolute atomic E-state index is 0.0480. The van der Waals surface area contributed by atoms with Gasteiger partial charge in [-0.1, -0.05) is 42.5 Å². The third-order valence-corrected chi connectivity index (χ3v) is 6.42. The van der Waals surface area contributed by atoms with E-state index >= 15 is 0 Å². The fourth-order valence-corrected chi connectivity index (χ4v) is 4.43. The number of aryl methyl sites for hydroxylation is 1. The number of alkyl halides is 3. The molecule has 0 aromatic heterocycles. The van der Waals surface area contributed by atoms with Crippen LogP contribution >= 0.6 is 0 Å². The largest absolute Gasteiger partial charge is 0.416 e. The summed E-state index contributed by atoms with van der Waals surface area (Å²) < 4.78 is 38.6.